The minimum absolute atomic E-state index is 0.330. The van der Waals surface area contributed by atoms with E-state index in [1.807, 2.05) is 24.3 Å². The van der Waals surface area contributed by atoms with Crippen LogP contribution in [-0.2, 0) is 12.8 Å². The van der Waals surface area contributed by atoms with Crippen molar-refractivity contribution in [2.75, 3.05) is 5.32 Å². The van der Waals surface area contributed by atoms with E-state index in [9.17, 15) is 9.59 Å². The van der Waals surface area contributed by atoms with E-state index in [0.29, 0.717) is 48.3 Å². The molecule has 1 aliphatic carbocycles. The molecule has 0 radical (unpaired) electrons. The van der Waals surface area contributed by atoms with Gasteiger partial charge in [-0.3, -0.25) is 9.59 Å². The summed E-state index contributed by atoms with van der Waals surface area (Å²) in [6, 6.07) is 14.3. The maximum absolute atomic E-state index is 13.6. The third-order valence-electron chi connectivity index (χ3n) is 6.06. The number of nitrogens with one attached hydrogen (secondary N) is 1. The van der Waals surface area contributed by atoms with Crippen LogP contribution in [0.4, 0.5) is 5.00 Å². The smallest absolute Gasteiger partial charge is 0.257 e. The monoisotopic (exact) mass is 509 g/mol. The molecule has 0 atom stereocenters. The minimum Gasteiger partial charge on any atom is -0.365 e. The Morgan fingerprint density at radius 1 is 1.00 bits per heavy atom. The molecule has 0 aliphatic heterocycles. The average Bonchev–Trinajstić information content (AvgIpc) is 2.99. The first-order valence-corrected chi connectivity index (χ1v) is 12.6. The van der Waals surface area contributed by atoms with Crippen molar-refractivity contribution in [2.45, 2.75) is 32.1 Å². The first kappa shape index (κ1) is 22.8. The molecular weight excluding hydrogens is 489 g/mol. The van der Waals surface area contributed by atoms with Gasteiger partial charge in [0.05, 0.1) is 27.4 Å². The Balaban J connectivity index is 1.60. The summed E-state index contributed by atoms with van der Waals surface area (Å²) in [5, 5.41) is 5.15. The van der Waals surface area contributed by atoms with Crippen LogP contribution in [0.2, 0.25) is 10.0 Å². The number of benzene rings is 2. The zero-order valence-electron chi connectivity index (χ0n) is 18.2. The number of nitrogens with zero attached hydrogens (tertiary/aromatic N) is 1. The molecule has 172 valence electrons. The summed E-state index contributed by atoms with van der Waals surface area (Å²) in [7, 11) is 0. The Kier molecular flexibility index (Phi) is 6.30. The topological polar surface area (TPSA) is 85.1 Å². The molecule has 0 unspecified atom stereocenters. The maximum atomic E-state index is 13.6. The number of carbonyl (C=O) groups is 2. The van der Waals surface area contributed by atoms with Crippen LogP contribution in [0.25, 0.3) is 22.2 Å². The summed E-state index contributed by atoms with van der Waals surface area (Å²) in [5.74, 6) is -0.841. The van der Waals surface area contributed by atoms with Crippen LogP contribution < -0.4 is 11.1 Å². The highest BCUT2D eigenvalue weighted by Gasteiger charge is 2.25. The molecule has 8 heteroatoms. The molecule has 5 rings (SSSR count). The Bertz CT molecular complexity index is 1450. The number of halogens is 2. The van der Waals surface area contributed by atoms with Crippen LogP contribution in [0.3, 0.4) is 0 Å². The van der Waals surface area contributed by atoms with Gasteiger partial charge >= 0.3 is 0 Å². The fourth-order valence-electron chi connectivity index (χ4n) is 4.46. The van der Waals surface area contributed by atoms with Gasteiger partial charge in [-0.1, -0.05) is 47.8 Å². The first-order valence-electron chi connectivity index (χ1n) is 11.0. The summed E-state index contributed by atoms with van der Waals surface area (Å²) in [6.45, 7) is 0. The fourth-order valence-corrected chi connectivity index (χ4v) is 6.26. The molecule has 0 saturated heterocycles. The number of hydrogen-bond donors (Lipinski definition) is 2. The van der Waals surface area contributed by atoms with E-state index in [2.05, 4.69) is 5.32 Å². The first-order chi connectivity index (χ1) is 16.4. The van der Waals surface area contributed by atoms with Crippen LogP contribution in [0.5, 0.6) is 0 Å². The standard InChI is InChI=1S/C26H21Cl2N3O2S/c27-14-10-11-16(19(28)12-14)21-13-18(15-6-4-5-8-20(15)30-21)25(33)31-26-23(24(29)32)17-7-2-1-3-9-22(17)34-26/h4-6,8,10-13H,1-3,7,9H2,(H2,29,32)(H,31,33). The third kappa shape index (κ3) is 4.29. The van der Waals surface area contributed by atoms with Gasteiger partial charge in [-0.2, -0.15) is 0 Å². The van der Waals surface area contributed by atoms with Crippen molar-refractivity contribution >= 4 is 62.3 Å². The molecule has 4 aromatic rings. The van der Waals surface area contributed by atoms with E-state index in [-0.39, 0.29) is 5.91 Å². The number of aromatic nitrogens is 1. The van der Waals surface area contributed by atoms with Crippen LogP contribution in [0.15, 0.2) is 48.5 Å². The van der Waals surface area contributed by atoms with Crippen molar-refractivity contribution in [1.82, 2.24) is 4.98 Å². The Morgan fingerprint density at radius 2 is 1.79 bits per heavy atom. The number of para-hydroxylation sites is 1. The highest BCUT2D eigenvalue weighted by atomic mass is 35.5. The number of thiophene rings is 1. The SMILES string of the molecule is NC(=O)c1c(NC(=O)c2cc(-c3ccc(Cl)cc3Cl)nc3ccccc23)sc2c1CCCCC2. The zero-order valence-corrected chi connectivity index (χ0v) is 20.5. The molecule has 2 aromatic carbocycles. The van der Waals surface area contributed by atoms with Crippen molar-refractivity contribution in [3.8, 4) is 11.3 Å². The summed E-state index contributed by atoms with van der Waals surface area (Å²) in [4.78, 5) is 31.8. The van der Waals surface area contributed by atoms with E-state index in [0.717, 1.165) is 42.5 Å². The molecular formula is C26H21Cl2N3O2S. The van der Waals surface area contributed by atoms with Gasteiger partial charge in [0.15, 0.2) is 0 Å². The molecule has 2 amide bonds. The normalized spacial score (nSPS) is 13.4. The van der Waals surface area contributed by atoms with E-state index < -0.39 is 5.91 Å². The fraction of sp³-hybridized carbons (Fsp3) is 0.192. The van der Waals surface area contributed by atoms with Crippen molar-refractivity contribution in [2.24, 2.45) is 5.73 Å². The van der Waals surface area contributed by atoms with Gasteiger partial charge in [0.1, 0.15) is 5.00 Å². The Morgan fingerprint density at radius 3 is 2.59 bits per heavy atom. The number of aryl methyl sites for hydroxylation is 1. The highest BCUT2D eigenvalue weighted by molar-refractivity contribution is 7.17. The predicted molar refractivity (Wildman–Crippen MR) is 139 cm³/mol. The lowest BCUT2D eigenvalue weighted by Crippen LogP contribution is -2.18. The largest absolute Gasteiger partial charge is 0.365 e. The number of nitrogens with two attached hydrogens (primary N) is 1. The van der Waals surface area contributed by atoms with E-state index >= 15 is 0 Å². The maximum Gasteiger partial charge on any atom is 0.257 e. The molecule has 5 nitrogen and oxygen atoms in total. The summed E-state index contributed by atoms with van der Waals surface area (Å²) >= 11 is 13.9. The number of pyridine rings is 1. The van der Waals surface area contributed by atoms with Crippen LogP contribution in [-0.4, -0.2) is 16.8 Å². The second-order valence-corrected chi connectivity index (χ2v) is 10.2. The van der Waals surface area contributed by atoms with Gasteiger partial charge < -0.3 is 11.1 Å². The molecule has 3 N–H and O–H groups in total. The molecule has 1 aliphatic rings. The summed E-state index contributed by atoms with van der Waals surface area (Å²) < 4.78 is 0. The summed E-state index contributed by atoms with van der Waals surface area (Å²) in [5.41, 5.74) is 9.50. The average molecular weight is 510 g/mol. The lowest BCUT2D eigenvalue weighted by atomic mass is 10.0. The van der Waals surface area contributed by atoms with Crippen molar-refractivity contribution in [3.63, 3.8) is 0 Å². The van der Waals surface area contributed by atoms with Gasteiger partial charge in [0, 0.05) is 20.8 Å². The van der Waals surface area contributed by atoms with Crippen LogP contribution in [0.1, 0.15) is 50.4 Å². The molecule has 2 aromatic heterocycles. The van der Waals surface area contributed by atoms with Gasteiger partial charge in [0.25, 0.3) is 11.8 Å². The van der Waals surface area contributed by atoms with E-state index in [1.54, 1.807) is 24.3 Å². The van der Waals surface area contributed by atoms with E-state index in [4.69, 9.17) is 33.9 Å². The number of primary amides is 1. The van der Waals surface area contributed by atoms with E-state index in [1.165, 1.54) is 11.3 Å². The third-order valence-corrected chi connectivity index (χ3v) is 7.82. The second-order valence-electron chi connectivity index (χ2n) is 8.28. The number of hydrogen-bond acceptors (Lipinski definition) is 4. The van der Waals surface area contributed by atoms with Gasteiger partial charge in [0.2, 0.25) is 0 Å². The quantitative estimate of drug-likeness (QED) is 0.293. The highest BCUT2D eigenvalue weighted by Crippen LogP contribution is 2.38. The molecule has 2 heterocycles. The van der Waals surface area contributed by atoms with Crippen molar-refractivity contribution in [1.29, 1.82) is 0 Å². The zero-order chi connectivity index (χ0) is 23.8. The number of carbonyl (C=O) groups excluding carboxylic acids is 2. The second kappa shape index (κ2) is 9.37. The molecule has 0 saturated carbocycles. The van der Waals surface area contributed by atoms with Gasteiger partial charge in [-0.05, 0) is 61.6 Å². The minimum atomic E-state index is -0.511. The van der Waals surface area contributed by atoms with Crippen molar-refractivity contribution in [3.05, 3.63) is 80.1 Å². The van der Waals surface area contributed by atoms with Crippen LogP contribution in [0, 0.1) is 0 Å². The number of amides is 2. The molecule has 0 bridgehead atoms. The molecule has 34 heavy (non-hydrogen) atoms. The lowest BCUT2D eigenvalue weighted by Gasteiger charge is -2.12. The molecule has 0 spiro atoms. The Labute approximate surface area is 210 Å². The van der Waals surface area contributed by atoms with Crippen LogP contribution >= 0.6 is 34.5 Å². The summed E-state index contributed by atoms with van der Waals surface area (Å²) in [6.07, 6.45) is 4.90. The number of rotatable bonds is 4. The Hall–Kier alpha value is -2.93. The van der Waals surface area contributed by atoms with Gasteiger partial charge in [-0.15, -0.1) is 11.3 Å². The number of anilines is 1. The lowest BCUT2D eigenvalue weighted by molar-refractivity contribution is 0.100. The molecule has 0 fully saturated rings. The van der Waals surface area contributed by atoms with Gasteiger partial charge in [-0.25, -0.2) is 4.98 Å². The van der Waals surface area contributed by atoms with Crippen molar-refractivity contribution < 1.29 is 9.59 Å². The predicted octanol–water partition coefficient (Wildman–Crippen LogP) is 6.89. The number of fused-ring (bicyclic) bond motifs is 2.